The Labute approximate surface area is 117 Å². The summed E-state index contributed by atoms with van der Waals surface area (Å²) in [5.41, 5.74) is 5.85. The summed E-state index contributed by atoms with van der Waals surface area (Å²) < 4.78 is 0. The fourth-order valence-corrected chi connectivity index (χ4v) is 3.37. The van der Waals surface area contributed by atoms with Crippen LogP contribution in [0.2, 0.25) is 0 Å². The number of rotatable bonds is 3. The SMILES string of the molecule is CC1CCN(C(C)C(=O)N2CCCCC2)CC1CN. The van der Waals surface area contributed by atoms with Crippen molar-refractivity contribution < 1.29 is 4.79 Å². The Hall–Kier alpha value is -0.610. The molecule has 0 spiro atoms. The number of amides is 1. The highest BCUT2D eigenvalue weighted by Gasteiger charge is 2.32. The van der Waals surface area contributed by atoms with Gasteiger partial charge in [0.2, 0.25) is 5.91 Å². The molecule has 4 heteroatoms. The molecule has 3 atom stereocenters. The fraction of sp³-hybridized carbons (Fsp3) is 0.933. The van der Waals surface area contributed by atoms with Crippen LogP contribution < -0.4 is 5.73 Å². The molecule has 1 amide bonds. The third-order valence-electron chi connectivity index (χ3n) is 5.02. The lowest BCUT2D eigenvalue weighted by atomic mass is 9.86. The van der Waals surface area contributed by atoms with Gasteiger partial charge in [-0.2, -0.15) is 0 Å². The standard InChI is InChI=1S/C15H29N3O/c1-12-6-9-18(11-14(12)10-16)13(2)15(19)17-7-4-3-5-8-17/h12-14H,3-11,16H2,1-2H3. The molecule has 4 nitrogen and oxygen atoms in total. The van der Waals surface area contributed by atoms with Crippen LogP contribution in [0.15, 0.2) is 0 Å². The Morgan fingerprint density at radius 1 is 1.26 bits per heavy atom. The van der Waals surface area contributed by atoms with Gasteiger partial charge in [-0.25, -0.2) is 0 Å². The first-order chi connectivity index (χ1) is 9.13. The van der Waals surface area contributed by atoms with Gasteiger partial charge in [-0.15, -0.1) is 0 Å². The lowest BCUT2D eigenvalue weighted by Crippen LogP contribution is -2.53. The maximum Gasteiger partial charge on any atom is 0.239 e. The van der Waals surface area contributed by atoms with E-state index in [-0.39, 0.29) is 6.04 Å². The van der Waals surface area contributed by atoms with Gasteiger partial charge in [0.05, 0.1) is 6.04 Å². The van der Waals surface area contributed by atoms with Crippen LogP contribution in [0.5, 0.6) is 0 Å². The van der Waals surface area contributed by atoms with Gasteiger partial charge in [0.25, 0.3) is 0 Å². The predicted molar refractivity (Wildman–Crippen MR) is 77.8 cm³/mol. The molecule has 0 aromatic heterocycles. The molecule has 2 aliphatic rings. The Bertz CT molecular complexity index is 302. The van der Waals surface area contributed by atoms with Gasteiger partial charge in [-0.3, -0.25) is 9.69 Å². The van der Waals surface area contributed by atoms with Gasteiger partial charge in [-0.05, 0) is 57.5 Å². The predicted octanol–water partition coefficient (Wildman–Crippen LogP) is 1.30. The van der Waals surface area contributed by atoms with Gasteiger partial charge in [-0.1, -0.05) is 6.92 Å². The topological polar surface area (TPSA) is 49.6 Å². The smallest absolute Gasteiger partial charge is 0.239 e. The van der Waals surface area contributed by atoms with Gasteiger partial charge in [0.1, 0.15) is 0 Å². The highest BCUT2D eigenvalue weighted by atomic mass is 16.2. The average Bonchev–Trinajstić information content (AvgIpc) is 2.47. The molecule has 110 valence electrons. The molecule has 19 heavy (non-hydrogen) atoms. The summed E-state index contributed by atoms with van der Waals surface area (Å²) in [4.78, 5) is 16.9. The van der Waals surface area contributed by atoms with Gasteiger partial charge in [0, 0.05) is 19.6 Å². The summed E-state index contributed by atoms with van der Waals surface area (Å²) >= 11 is 0. The van der Waals surface area contributed by atoms with Crippen molar-refractivity contribution in [2.24, 2.45) is 17.6 Å². The zero-order chi connectivity index (χ0) is 13.8. The molecule has 3 unspecified atom stereocenters. The molecule has 2 rings (SSSR count). The summed E-state index contributed by atoms with van der Waals surface area (Å²) in [5.74, 6) is 1.56. The Balaban J connectivity index is 1.91. The fourth-order valence-electron chi connectivity index (χ4n) is 3.37. The number of nitrogens with zero attached hydrogens (tertiary/aromatic N) is 2. The second-order valence-electron chi connectivity index (χ2n) is 6.32. The van der Waals surface area contributed by atoms with Crippen molar-refractivity contribution in [1.29, 1.82) is 0 Å². The van der Waals surface area contributed by atoms with Gasteiger partial charge in [0.15, 0.2) is 0 Å². The van der Waals surface area contributed by atoms with E-state index in [9.17, 15) is 4.79 Å². The first-order valence-corrected chi connectivity index (χ1v) is 7.86. The monoisotopic (exact) mass is 267 g/mol. The maximum absolute atomic E-state index is 12.5. The highest BCUT2D eigenvalue weighted by Crippen LogP contribution is 2.24. The molecule has 0 radical (unpaired) electrons. The lowest BCUT2D eigenvalue weighted by Gasteiger charge is -2.41. The van der Waals surface area contributed by atoms with Crippen molar-refractivity contribution in [1.82, 2.24) is 9.80 Å². The summed E-state index contributed by atoms with van der Waals surface area (Å²) in [5, 5.41) is 0. The van der Waals surface area contributed by atoms with Crippen molar-refractivity contribution in [3.05, 3.63) is 0 Å². The number of nitrogens with two attached hydrogens (primary N) is 1. The van der Waals surface area contributed by atoms with Crippen LogP contribution in [0.1, 0.15) is 39.5 Å². The quantitative estimate of drug-likeness (QED) is 0.838. The second kappa shape index (κ2) is 6.71. The largest absolute Gasteiger partial charge is 0.341 e. The van der Waals surface area contributed by atoms with Crippen LogP contribution in [0.3, 0.4) is 0 Å². The zero-order valence-electron chi connectivity index (χ0n) is 12.5. The molecule has 2 saturated heterocycles. The molecule has 0 aromatic rings. The van der Waals surface area contributed by atoms with Crippen molar-refractivity contribution >= 4 is 5.91 Å². The van der Waals surface area contributed by atoms with E-state index in [1.807, 2.05) is 0 Å². The number of hydrogen-bond donors (Lipinski definition) is 1. The summed E-state index contributed by atoms with van der Waals surface area (Å²) in [6.07, 6.45) is 4.77. The summed E-state index contributed by atoms with van der Waals surface area (Å²) in [7, 11) is 0. The summed E-state index contributed by atoms with van der Waals surface area (Å²) in [6, 6.07) is 0.0275. The van der Waals surface area contributed by atoms with Crippen LogP contribution in [-0.4, -0.2) is 54.5 Å². The Kier molecular flexibility index (Phi) is 5.22. The second-order valence-corrected chi connectivity index (χ2v) is 6.32. The number of likely N-dealkylation sites (tertiary alicyclic amines) is 2. The number of carbonyl (C=O) groups is 1. The van der Waals surface area contributed by atoms with Crippen molar-refractivity contribution in [2.45, 2.75) is 45.6 Å². The van der Waals surface area contributed by atoms with Crippen LogP contribution in [0.25, 0.3) is 0 Å². The molecule has 0 bridgehead atoms. The van der Waals surface area contributed by atoms with Gasteiger partial charge >= 0.3 is 0 Å². The van der Waals surface area contributed by atoms with E-state index in [0.717, 1.165) is 32.7 Å². The van der Waals surface area contributed by atoms with E-state index in [4.69, 9.17) is 5.73 Å². The molecule has 2 heterocycles. The molecule has 2 aliphatic heterocycles. The molecule has 2 fully saturated rings. The van der Waals surface area contributed by atoms with E-state index in [2.05, 4.69) is 23.6 Å². The normalized spacial score (nSPS) is 31.2. The van der Waals surface area contributed by atoms with Gasteiger partial charge < -0.3 is 10.6 Å². The molecule has 0 saturated carbocycles. The molecular formula is C15H29N3O. The zero-order valence-corrected chi connectivity index (χ0v) is 12.5. The van der Waals surface area contributed by atoms with Crippen LogP contribution in [-0.2, 0) is 4.79 Å². The highest BCUT2D eigenvalue weighted by molar-refractivity contribution is 5.81. The van der Waals surface area contributed by atoms with E-state index in [1.165, 1.54) is 25.7 Å². The minimum absolute atomic E-state index is 0.0275. The molecular weight excluding hydrogens is 238 g/mol. The number of hydrogen-bond acceptors (Lipinski definition) is 3. The van der Waals surface area contributed by atoms with E-state index < -0.39 is 0 Å². The number of piperidine rings is 2. The minimum atomic E-state index is 0.0275. The third kappa shape index (κ3) is 3.48. The minimum Gasteiger partial charge on any atom is -0.341 e. The lowest BCUT2D eigenvalue weighted by molar-refractivity contribution is -0.138. The van der Waals surface area contributed by atoms with Crippen LogP contribution in [0, 0.1) is 11.8 Å². The average molecular weight is 267 g/mol. The first kappa shape index (κ1) is 14.8. The molecule has 2 N–H and O–H groups in total. The molecule has 0 aliphatic carbocycles. The van der Waals surface area contributed by atoms with Crippen LogP contribution >= 0.6 is 0 Å². The van der Waals surface area contributed by atoms with Crippen molar-refractivity contribution in [3.63, 3.8) is 0 Å². The number of carbonyl (C=O) groups excluding carboxylic acids is 1. The molecule has 0 aromatic carbocycles. The van der Waals surface area contributed by atoms with Crippen molar-refractivity contribution in [3.8, 4) is 0 Å². The Morgan fingerprint density at radius 3 is 2.58 bits per heavy atom. The van der Waals surface area contributed by atoms with E-state index >= 15 is 0 Å². The maximum atomic E-state index is 12.5. The van der Waals surface area contributed by atoms with Crippen molar-refractivity contribution in [2.75, 3.05) is 32.7 Å². The Morgan fingerprint density at radius 2 is 1.95 bits per heavy atom. The third-order valence-corrected chi connectivity index (χ3v) is 5.02. The summed E-state index contributed by atoms with van der Waals surface area (Å²) in [6.45, 7) is 9.02. The first-order valence-electron chi connectivity index (χ1n) is 7.86. The van der Waals surface area contributed by atoms with Crippen LogP contribution in [0.4, 0.5) is 0 Å². The van der Waals surface area contributed by atoms with E-state index in [0.29, 0.717) is 17.7 Å². The van der Waals surface area contributed by atoms with E-state index in [1.54, 1.807) is 0 Å².